The lowest BCUT2D eigenvalue weighted by atomic mass is 10.1. The molecule has 0 bridgehead atoms. The van der Waals surface area contributed by atoms with Gasteiger partial charge >= 0.3 is 5.97 Å². The summed E-state index contributed by atoms with van der Waals surface area (Å²) < 4.78 is 0. The van der Waals surface area contributed by atoms with Gasteiger partial charge in [0, 0.05) is 12.2 Å². The van der Waals surface area contributed by atoms with Gasteiger partial charge in [0.05, 0.1) is 5.56 Å². The molecule has 2 N–H and O–H groups in total. The first-order valence-electron chi connectivity index (χ1n) is 6.88. The molecule has 1 rings (SSSR count). The van der Waals surface area contributed by atoms with Gasteiger partial charge in [-0.3, -0.25) is 0 Å². The predicted octanol–water partition coefficient (Wildman–Crippen LogP) is 2.84. The summed E-state index contributed by atoms with van der Waals surface area (Å²) in [5, 5.41) is 12.4. The van der Waals surface area contributed by atoms with Gasteiger partial charge in [-0.1, -0.05) is 19.9 Å². The Labute approximate surface area is 115 Å². The minimum atomic E-state index is -0.883. The van der Waals surface area contributed by atoms with Crippen LogP contribution in [0.2, 0.25) is 0 Å². The van der Waals surface area contributed by atoms with Gasteiger partial charge in [-0.2, -0.15) is 0 Å². The van der Waals surface area contributed by atoms with Gasteiger partial charge in [0.1, 0.15) is 0 Å². The molecule has 0 aliphatic carbocycles. The number of carbonyl (C=O) groups is 1. The molecule has 1 aromatic rings. The molecule has 0 atom stereocenters. The van der Waals surface area contributed by atoms with Gasteiger partial charge < -0.3 is 15.3 Å². The molecule has 0 unspecified atom stereocenters. The quantitative estimate of drug-likeness (QED) is 0.709. The Morgan fingerprint density at radius 2 is 2.00 bits per heavy atom. The van der Waals surface area contributed by atoms with Crippen molar-refractivity contribution in [3.05, 3.63) is 29.3 Å². The highest BCUT2D eigenvalue weighted by molar-refractivity contribution is 5.94. The monoisotopic (exact) mass is 264 g/mol. The highest BCUT2D eigenvalue weighted by Crippen LogP contribution is 2.17. The molecular formula is C15H24N2O2. The molecule has 4 nitrogen and oxygen atoms in total. The number of nitrogens with one attached hydrogen (secondary N) is 1. The van der Waals surface area contributed by atoms with E-state index in [1.54, 1.807) is 6.07 Å². The topological polar surface area (TPSA) is 52.6 Å². The Bertz CT molecular complexity index is 415. The highest BCUT2D eigenvalue weighted by Gasteiger charge is 2.09. The van der Waals surface area contributed by atoms with Crippen LogP contribution >= 0.6 is 0 Å². The summed E-state index contributed by atoms with van der Waals surface area (Å²) in [6.07, 6.45) is 1.01. The van der Waals surface area contributed by atoms with E-state index in [0.717, 1.165) is 38.2 Å². The molecule has 0 saturated heterocycles. The lowest BCUT2D eigenvalue weighted by Crippen LogP contribution is -2.25. The summed E-state index contributed by atoms with van der Waals surface area (Å²) in [7, 11) is 0. The van der Waals surface area contributed by atoms with Gasteiger partial charge in [0.25, 0.3) is 0 Å². The molecule has 4 heteroatoms. The Morgan fingerprint density at radius 3 is 2.58 bits per heavy atom. The molecule has 0 spiro atoms. The van der Waals surface area contributed by atoms with Crippen LogP contribution in [0.1, 0.15) is 36.2 Å². The fourth-order valence-electron chi connectivity index (χ4n) is 2.06. The third-order valence-corrected chi connectivity index (χ3v) is 3.27. The van der Waals surface area contributed by atoms with Gasteiger partial charge in [-0.25, -0.2) is 4.79 Å². The maximum atomic E-state index is 11.1. The summed E-state index contributed by atoms with van der Waals surface area (Å²) in [5.74, 6) is -0.883. The molecule has 0 fully saturated rings. The SMILES string of the molecule is CCN(CC)CCCNc1cc(C)ccc1C(=O)O. The van der Waals surface area contributed by atoms with E-state index in [1.807, 2.05) is 19.1 Å². The highest BCUT2D eigenvalue weighted by atomic mass is 16.4. The molecule has 0 aliphatic rings. The number of rotatable bonds is 8. The number of benzene rings is 1. The second-order valence-corrected chi connectivity index (χ2v) is 4.66. The van der Waals surface area contributed by atoms with Gasteiger partial charge in [-0.15, -0.1) is 0 Å². The maximum Gasteiger partial charge on any atom is 0.337 e. The summed E-state index contributed by atoms with van der Waals surface area (Å²) in [6, 6.07) is 5.37. The average Bonchev–Trinajstić information content (AvgIpc) is 2.38. The molecule has 0 aliphatic heterocycles. The number of aromatic carboxylic acids is 1. The zero-order chi connectivity index (χ0) is 14.3. The number of hydrogen-bond acceptors (Lipinski definition) is 3. The van der Waals surface area contributed by atoms with Crippen LogP contribution in [0.3, 0.4) is 0 Å². The number of anilines is 1. The van der Waals surface area contributed by atoms with Crippen LogP contribution in [0.4, 0.5) is 5.69 Å². The van der Waals surface area contributed by atoms with Crippen LogP contribution in [0.15, 0.2) is 18.2 Å². The van der Waals surface area contributed by atoms with Crippen LogP contribution in [0, 0.1) is 6.92 Å². The van der Waals surface area contributed by atoms with E-state index in [2.05, 4.69) is 24.1 Å². The zero-order valence-corrected chi connectivity index (χ0v) is 12.1. The summed E-state index contributed by atoms with van der Waals surface area (Å²) in [5.41, 5.74) is 2.12. The normalized spacial score (nSPS) is 10.7. The first-order valence-corrected chi connectivity index (χ1v) is 6.88. The maximum absolute atomic E-state index is 11.1. The molecule has 0 radical (unpaired) electrons. The van der Waals surface area contributed by atoms with E-state index < -0.39 is 5.97 Å². The lowest BCUT2D eigenvalue weighted by Gasteiger charge is -2.18. The van der Waals surface area contributed by atoms with Crippen LogP contribution < -0.4 is 5.32 Å². The number of nitrogens with zero attached hydrogens (tertiary/aromatic N) is 1. The molecule has 0 saturated carbocycles. The minimum Gasteiger partial charge on any atom is -0.478 e. The Morgan fingerprint density at radius 1 is 1.32 bits per heavy atom. The van der Waals surface area contributed by atoms with Crippen LogP contribution in [-0.2, 0) is 0 Å². The summed E-state index contributed by atoms with van der Waals surface area (Å²) in [6.45, 7) is 10.2. The van der Waals surface area contributed by atoms with Gasteiger partial charge in [-0.05, 0) is 50.7 Å². The fourth-order valence-corrected chi connectivity index (χ4v) is 2.06. The Balaban J connectivity index is 2.53. The average molecular weight is 264 g/mol. The first kappa shape index (κ1) is 15.5. The predicted molar refractivity (Wildman–Crippen MR) is 79.0 cm³/mol. The molecule has 19 heavy (non-hydrogen) atoms. The molecule has 0 heterocycles. The van der Waals surface area contributed by atoms with Gasteiger partial charge in [0.2, 0.25) is 0 Å². The van der Waals surface area contributed by atoms with Crippen molar-refractivity contribution in [1.82, 2.24) is 4.90 Å². The minimum absolute atomic E-state index is 0.341. The summed E-state index contributed by atoms with van der Waals surface area (Å²) in [4.78, 5) is 13.5. The van der Waals surface area contributed by atoms with E-state index in [0.29, 0.717) is 11.3 Å². The van der Waals surface area contributed by atoms with E-state index in [9.17, 15) is 4.79 Å². The smallest absolute Gasteiger partial charge is 0.337 e. The second kappa shape index (κ2) is 7.79. The van der Waals surface area contributed by atoms with Crippen molar-refractivity contribution >= 4 is 11.7 Å². The Hall–Kier alpha value is -1.55. The van der Waals surface area contributed by atoms with Crippen LogP contribution in [0.5, 0.6) is 0 Å². The van der Waals surface area contributed by atoms with Crippen molar-refractivity contribution in [2.45, 2.75) is 27.2 Å². The van der Waals surface area contributed by atoms with Crippen LogP contribution in [0.25, 0.3) is 0 Å². The Kier molecular flexibility index (Phi) is 6.36. The number of hydrogen-bond donors (Lipinski definition) is 2. The van der Waals surface area contributed by atoms with E-state index >= 15 is 0 Å². The molecular weight excluding hydrogens is 240 g/mol. The van der Waals surface area contributed by atoms with Crippen molar-refractivity contribution in [3.63, 3.8) is 0 Å². The largest absolute Gasteiger partial charge is 0.478 e. The van der Waals surface area contributed by atoms with Gasteiger partial charge in [0.15, 0.2) is 0 Å². The molecule has 106 valence electrons. The second-order valence-electron chi connectivity index (χ2n) is 4.66. The van der Waals surface area contributed by atoms with Crippen molar-refractivity contribution in [2.24, 2.45) is 0 Å². The van der Waals surface area contributed by atoms with E-state index in [4.69, 9.17) is 5.11 Å². The molecule has 1 aromatic carbocycles. The lowest BCUT2D eigenvalue weighted by molar-refractivity contribution is 0.0698. The third kappa shape index (κ3) is 4.91. The van der Waals surface area contributed by atoms with E-state index in [1.165, 1.54) is 0 Å². The van der Waals surface area contributed by atoms with Crippen molar-refractivity contribution in [1.29, 1.82) is 0 Å². The number of carboxylic acid groups (broad SMARTS) is 1. The molecule has 0 aromatic heterocycles. The standard InChI is InChI=1S/C15H24N2O2/c1-4-17(5-2)10-6-9-16-14-11-12(3)7-8-13(14)15(18)19/h7-8,11,16H,4-6,9-10H2,1-3H3,(H,18,19). The zero-order valence-electron chi connectivity index (χ0n) is 12.1. The fraction of sp³-hybridized carbons (Fsp3) is 0.533. The van der Waals surface area contributed by atoms with Crippen molar-refractivity contribution < 1.29 is 9.90 Å². The number of carboxylic acids is 1. The van der Waals surface area contributed by atoms with Crippen molar-refractivity contribution in [3.8, 4) is 0 Å². The third-order valence-electron chi connectivity index (χ3n) is 3.27. The van der Waals surface area contributed by atoms with Crippen molar-refractivity contribution in [2.75, 3.05) is 31.5 Å². The first-order chi connectivity index (χ1) is 9.08. The number of aryl methyl sites for hydroxylation is 1. The van der Waals surface area contributed by atoms with Crippen LogP contribution in [-0.4, -0.2) is 42.2 Å². The molecule has 0 amide bonds. The van der Waals surface area contributed by atoms with E-state index in [-0.39, 0.29) is 0 Å². The summed E-state index contributed by atoms with van der Waals surface area (Å²) >= 11 is 0.